The average Bonchev–Trinajstić information content (AvgIpc) is 2.91. The van der Waals surface area contributed by atoms with Gasteiger partial charge in [0.15, 0.2) is 0 Å². The van der Waals surface area contributed by atoms with Crippen LogP contribution in [0, 0.1) is 0 Å². The number of nitrogens with zero attached hydrogens (tertiary/aromatic N) is 1. The van der Waals surface area contributed by atoms with Gasteiger partial charge in [-0.25, -0.2) is 0 Å². The van der Waals surface area contributed by atoms with E-state index in [2.05, 4.69) is 56.3 Å². The standard InChI is InChI=1S/C16H22BrN3S/c1-5-7-14(13(6-2)18-3)20-9-8-15(19-4)16-10-12(17)11-21-16/h5-7,10-11,15,19-20H,2-3,8-9H2,1,4H3/b7-5-,14-13-. The van der Waals surface area contributed by atoms with E-state index in [1.807, 2.05) is 26.1 Å². The number of hydrogen-bond acceptors (Lipinski definition) is 4. The molecule has 0 aliphatic carbocycles. The minimum atomic E-state index is 0.338. The van der Waals surface area contributed by atoms with Crippen LogP contribution in [0.4, 0.5) is 0 Å². The fraction of sp³-hybridized carbons (Fsp3) is 0.312. The molecule has 2 N–H and O–H groups in total. The van der Waals surface area contributed by atoms with Gasteiger partial charge in [0.1, 0.15) is 0 Å². The van der Waals surface area contributed by atoms with Gasteiger partial charge < -0.3 is 10.6 Å². The lowest BCUT2D eigenvalue weighted by atomic mass is 10.1. The Kier molecular flexibility index (Phi) is 8.27. The summed E-state index contributed by atoms with van der Waals surface area (Å²) in [4.78, 5) is 5.31. The van der Waals surface area contributed by atoms with E-state index in [1.54, 1.807) is 17.4 Å². The summed E-state index contributed by atoms with van der Waals surface area (Å²) in [5.41, 5.74) is 1.72. The number of aliphatic imine (C=N–C) groups is 1. The molecule has 1 unspecified atom stereocenters. The first-order valence-electron chi connectivity index (χ1n) is 6.77. The monoisotopic (exact) mass is 367 g/mol. The van der Waals surface area contributed by atoms with Crippen molar-refractivity contribution in [3.05, 3.63) is 57.0 Å². The minimum Gasteiger partial charge on any atom is -0.383 e. The van der Waals surface area contributed by atoms with Crippen molar-refractivity contribution < 1.29 is 0 Å². The lowest BCUT2D eigenvalue weighted by Gasteiger charge is -2.16. The summed E-state index contributed by atoms with van der Waals surface area (Å²) in [5, 5.41) is 8.87. The first-order valence-corrected chi connectivity index (χ1v) is 8.44. The Labute approximate surface area is 139 Å². The Morgan fingerprint density at radius 1 is 1.57 bits per heavy atom. The molecule has 0 spiro atoms. The molecular formula is C16H22BrN3S. The van der Waals surface area contributed by atoms with Gasteiger partial charge in [-0.3, -0.25) is 4.99 Å². The number of halogens is 1. The molecule has 0 radical (unpaired) electrons. The smallest absolute Gasteiger partial charge is 0.0847 e. The minimum absolute atomic E-state index is 0.338. The van der Waals surface area contributed by atoms with Crippen molar-refractivity contribution >= 4 is 34.0 Å². The molecule has 0 fully saturated rings. The summed E-state index contributed by atoms with van der Waals surface area (Å²) in [6.45, 7) is 10.2. The van der Waals surface area contributed by atoms with E-state index in [-0.39, 0.29) is 0 Å². The largest absolute Gasteiger partial charge is 0.383 e. The Morgan fingerprint density at radius 2 is 2.33 bits per heavy atom. The van der Waals surface area contributed by atoms with E-state index >= 15 is 0 Å². The van der Waals surface area contributed by atoms with Crippen molar-refractivity contribution in [2.75, 3.05) is 13.6 Å². The Balaban J connectivity index is 2.66. The summed E-state index contributed by atoms with van der Waals surface area (Å²) in [6, 6.07) is 2.50. The molecular weight excluding hydrogens is 346 g/mol. The zero-order valence-corrected chi connectivity index (χ0v) is 14.9. The summed E-state index contributed by atoms with van der Waals surface area (Å²) >= 11 is 5.26. The zero-order valence-electron chi connectivity index (χ0n) is 12.5. The van der Waals surface area contributed by atoms with Gasteiger partial charge in [0.05, 0.1) is 11.4 Å². The SMILES string of the molecule is C=C/C(N=C)=C(\C=C/C)NCCC(NC)c1cc(Br)cs1. The van der Waals surface area contributed by atoms with Gasteiger partial charge in [0.2, 0.25) is 0 Å². The fourth-order valence-electron chi connectivity index (χ4n) is 1.95. The van der Waals surface area contributed by atoms with Crippen molar-refractivity contribution in [1.29, 1.82) is 0 Å². The maximum absolute atomic E-state index is 3.98. The van der Waals surface area contributed by atoms with Gasteiger partial charge >= 0.3 is 0 Å². The Hall–Kier alpha value is -1.17. The van der Waals surface area contributed by atoms with Crippen LogP contribution in [0.15, 0.2) is 57.1 Å². The van der Waals surface area contributed by atoms with Crippen LogP contribution in [0.1, 0.15) is 24.3 Å². The Morgan fingerprint density at radius 3 is 2.81 bits per heavy atom. The van der Waals surface area contributed by atoms with Crippen molar-refractivity contribution in [3.8, 4) is 0 Å². The lowest BCUT2D eigenvalue weighted by Crippen LogP contribution is -2.22. The molecule has 1 heterocycles. The number of rotatable bonds is 9. The van der Waals surface area contributed by atoms with E-state index in [0.717, 1.165) is 28.8 Å². The van der Waals surface area contributed by atoms with Crippen molar-refractivity contribution in [2.45, 2.75) is 19.4 Å². The quantitative estimate of drug-likeness (QED) is 0.500. The fourth-order valence-corrected chi connectivity index (χ4v) is 3.54. The van der Waals surface area contributed by atoms with Gasteiger partial charge in [0, 0.05) is 27.3 Å². The molecule has 1 atom stereocenters. The number of nitrogens with one attached hydrogen (secondary N) is 2. The summed E-state index contributed by atoms with van der Waals surface area (Å²) in [7, 11) is 1.99. The molecule has 1 rings (SSSR count). The van der Waals surface area contributed by atoms with E-state index in [1.165, 1.54) is 4.88 Å². The second kappa shape index (κ2) is 9.71. The van der Waals surface area contributed by atoms with Gasteiger partial charge in [-0.2, -0.15) is 0 Å². The van der Waals surface area contributed by atoms with Gasteiger partial charge in [-0.1, -0.05) is 12.7 Å². The predicted octanol–water partition coefficient (Wildman–Crippen LogP) is 4.43. The topological polar surface area (TPSA) is 36.4 Å². The molecule has 0 amide bonds. The van der Waals surface area contributed by atoms with Crippen LogP contribution in [0.2, 0.25) is 0 Å². The second-order valence-electron chi connectivity index (χ2n) is 4.39. The highest BCUT2D eigenvalue weighted by Crippen LogP contribution is 2.27. The predicted molar refractivity (Wildman–Crippen MR) is 98.0 cm³/mol. The van der Waals surface area contributed by atoms with Crippen LogP contribution in [0.5, 0.6) is 0 Å². The zero-order chi connectivity index (χ0) is 15.7. The van der Waals surface area contributed by atoms with Crippen molar-refractivity contribution in [1.82, 2.24) is 10.6 Å². The average molecular weight is 368 g/mol. The summed E-state index contributed by atoms with van der Waals surface area (Å²) in [5.74, 6) is 0. The molecule has 0 aliphatic rings. The lowest BCUT2D eigenvalue weighted by molar-refractivity contribution is 0.543. The number of thiophene rings is 1. The Bertz CT molecular complexity index is 521. The van der Waals surface area contributed by atoms with Crippen LogP contribution < -0.4 is 10.6 Å². The van der Waals surface area contributed by atoms with Crippen LogP contribution in [0.25, 0.3) is 0 Å². The molecule has 114 valence electrons. The molecule has 0 saturated carbocycles. The first kappa shape index (κ1) is 17.9. The molecule has 1 aromatic heterocycles. The summed E-state index contributed by atoms with van der Waals surface area (Å²) < 4.78 is 1.13. The van der Waals surface area contributed by atoms with E-state index in [4.69, 9.17) is 0 Å². The van der Waals surface area contributed by atoms with Gasteiger partial charge in [0.25, 0.3) is 0 Å². The van der Waals surface area contributed by atoms with Crippen molar-refractivity contribution in [3.63, 3.8) is 0 Å². The number of hydrogen-bond donors (Lipinski definition) is 2. The molecule has 0 bridgehead atoms. The highest BCUT2D eigenvalue weighted by Gasteiger charge is 2.11. The van der Waals surface area contributed by atoms with Crippen LogP contribution >= 0.6 is 27.3 Å². The van der Waals surface area contributed by atoms with Crippen molar-refractivity contribution in [2.24, 2.45) is 4.99 Å². The second-order valence-corrected chi connectivity index (χ2v) is 6.24. The number of allylic oxidation sites excluding steroid dienone is 3. The molecule has 1 aromatic rings. The molecule has 0 saturated heterocycles. The summed E-state index contributed by atoms with van der Waals surface area (Å²) in [6.07, 6.45) is 6.65. The normalized spacial score (nSPS) is 13.9. The maximum Gasteiger partial charge on any atom is 0.0847 e. The third-order valence-corrected chi connectivity index (χ3v) is 4.81. The third-order valence-electron chi connectivity index (χ3n) is 3.00. The van der Waals surface area contributed by atoms with E-state index < -0.39 is 0 Å². The van der Waals surface area contributed by atoms with Gasteiger partial charge in [-0.05, 0) is 61.3 Å². The molecule has 5 heteroatoms. The van der Waals surface area contributed by atoms with E-state index in [0.29, 0.717) is 6.04 Å². The third kappa shape index (κ3) is 5.61. The maximum atomic E-state index is 3.98. The van der Waals surface area contributed by atoms with Crippen LogP contribution in [-0.2, 0) is 0 Å². The highest BCUT2D eigenvalue weighted by atomic mass is 79.9. The highest BCUT2D eigenvalue weighted by molar-refractivity contribution is 9.10. The molecule has 0 aliphatic heterocycles. The molecule has 3 nitrogen and oxygen atoms in total. The molecule has 0 aromatic carbocycles. The molecule has 21 heavy (non-hydrogen) atoms. The first-order chi connectivity index (χ1) is 10.2. The van der Waals surface area contributed by atoms with E-state index in [9.17, 15) is 0 Å². The van der Waals surface area contributed by atoms with Crippen LogP contribution in [-0.4, -0.2) is 20.3 Å². The van der Waals surface area contributed by atoms with Crippen LogP contribution in [0.3, 0.4) is 0 Å². The van der Waals surface area contributed by atoms with Gasteiger partial charge in [-0.15, -0.1) is 11.3 Å².